The zero-order chi connectivity index (χ0) is 26.8. The lowest BCUT2D eigenvalue weighted by atomic mass is 10.1. The van der Waals surface area contributed by atoms with Gasteiger partial charge in [-0.1, -0.05) is 42.0 Å². The SMILES string of the molecule is Cc1ccc(/C=N/NC(=O)c2cccnc2NC(=O)c2cccc(CN(CC(C)O)CC(C)O)c2)cc1. The predicted octanol–water partition coefficient (Wildman–Crippen LogP) is 2.97. The first-order valence-electron chi connectivity index (χ1n) is 12.0. The average molecular weight is 504 g/mol. The van der Waals surface area contributed by atoms with Crippen LogP contribution in [0.25, 0.3) is 0 Å². The number of carbonyl (C=O) groups excluding carboxylic acids is 2. The topological polar surface area (TPSA) is 127 Å². The Hall–Kier alpha value is -3.92. The summed E-state index contributed by atoms with van der Waals surface area (Å²) in [6.45, 7) is 6.59. The minimum Gasteiger partial charge on any atom is -0.392 e. The molecule has 3 aromatic rings. The fourth-order valence-corrected chi connectivity index (χ4v) is 3.77. The normalized spacial score (nSPS) is 12.9. The second kappa shape index (κ2) is 13.4. The largest absolute Gasteiger partial charge is 0.392 e. The number of rotatable bonds is 11. The van der Waals surface area contributed by atoms with Crippen molar-refractivity contribution in [1.29, 1.82) is 0 Å². The van der Waals surface area contributed by atoms with Crippen LogP contribution < -0.4 is 10.7 Å². The summed E-state index contributed by atoms with van der Waals surface area (Å²) in [5.41, 5.74) is 5.84. The van der Waals surface area contributed by atoms with Gasteiger partial charge >= 0.3 is 0 Å². The Labute approximate surface area is 216 Å². The van der Waals surface area contributed by atoms with E-state index in [0.29, 0.717) is 25.2 Å². The van der Waals surface area contributed by atoms with Gasteiger partial charge in [0.2, 0.25) is 0 Å². The first-order valence-corrected chi connectivity index (χ1v) is 12.0. The van der Waals surface area contributed by atoms with E-state index in [4.69, 9.17) is 0 Å². The van der Waals surface area contributed by atoms with Crippen LogP contribution in [-0.2, 0) is 6.54 Å². The summed E-state index contributed by atoms with van der Waals surface area (Å²) >= 11 is 0. The number of benzene rings is 2. The van der Waals surface area contributed by atoms with Crippen LogP contribution in [0.2, 0.25) is 0 Å². The minimum atomic E-state index is -0.555. The lowest BCUT2D eigenvalue weighted by Gasteiger charge is -2.25. The second-order valence-electron chi connectivity index (χ2n) is 9.06. The smallest absolute Gasteiger partial charge is 0.275 e. The van der Waals surface area contributed by atoms with Gasteiger partial charge in [0, 0.05) is 31.4 Å². The Morgan fingerprint density at radius 2 is 1.70 bits per heavy atom. The zero-order valence-electron chi connectivity index (χ0n) is 21.3. The van der Waals surface area contributed by atoms with Crippen LogP contribution in [0.5, 0.6) is 0 Å². The molecule has 9 heteroatoms. The minimum absolute atomic E-state index is 0.116. The maximum atomic E-state index is 13.0. The summed E-state index contributed by atoms with van der Waals surface area (Å²) in [5.74, 6) is -0.812. The number of nitrogens with zero attached hydrogens (tertiary/aromatic N) is 3. The summed E-state index contributed by atoms with van der Waals surface area (Å²) in [6.07, 6.45) is 1.92. The third-order valence-corrected chi connectivity index (χ3v) is 5.38. The molecule has 0 aliphatic carbocycles. The van der Waals surface area contributed by atoms with Crippen LogP contribution in [0, 0.1) is 6.92 Å². The fourth-order valence-electron chi connectivity index (χ4n) is 3.77. The Morgan fingerprint density at radius 3 is 2.38 bits per heavy atom. The first kappa shape index (κ1) is 27.7. The van der Waals surface area contributed by atoms with Gasteiger partial charge in [-0.2, -0.15) is 5.10 Å². The monoisotopic (exact) mass is 503 g/mol. The first-order chi connectivity index (χ1) is 17.7. The van der Waals surface area contributed by atoms with Crippen molar-refractivity contribution in [2.75, 3.05) is 18.4 Å². The zero-order valence-corrected chi connectivity index (χ0v) is 21.3. The summed E-state index contributed by atoms with van der Waals surface area (Å²) in [6, 6.07) is 17.9. The standard InChI is InChI=1S/C28H33N5O4/c1-19-9-11-22(12-10-19)15-30-32-28(37)25-8-5-13-29-26(25)31-27(36)24-7-4-6-23(14-24)18-33(16-20(2)34)17-21(3)35/h4-15,20-21,34-35H,16-18H2,1-3H3,(H,32,37)(H,29,31,36)/b30-15+. The van der Waals surface area contributed by atoms with Gasteiger partial charge in [-0.15, -0.1) is 0 Å². The van der Waals surface area contributed by atoms with Crippen LogP contribution in [0.4, 0.5) is 5.82 Å². The number of aryl methyl sites for hydroxylation is 1. The molecule has 0 saturated carbocycles. The molecule has 0 radical (unpaired) electrons. The fraction of sp³-hybridized carbons (Fsp3) is 0.286. The third-order valence-electron chi connectivity index (χ3n) is 5.38. The molecule has 0 saturated heterocycles. The molecule has 2 atom stereocenters. The summed E-state index contributed by atoms with van der Waals surface area (Å²) in [7, 11) is 0. The van der Waals surface area contributed by atoms with Crippen molar-refractivity contribution < 1.29 is 19.8 Å². The van der Waals surface area contributed by atoms with Gasteiger partial charge in [-0.25, -0.2) is 10.4 Å². The van der Waals surface area contributed by atoms with E-state index in [9.17, 15) is 19.8 Å². The van der Waals surface area contributed by atoms with E-state index >= 15 is 0 Å². The van der Waals surface area contributed by atoms with E-state index in [2.05, 4.69) is 20.8 Å². The molecule has 2 unspecified atom stereocenters. The maximum absolute atomic E-state index is 13.0. The third kappa shape index (κ3) is 8.91. The van der Waals surface area contributed by atoms with Gasteiger partial charge in [0.15, 0.2) is 0 Å². The highest BCUT2D eigenvalue weighted by molar-refractivity contribution is 6.08. The molecular weight excluding hydrogens is 470 g/mol. The Bertz CT molecular complexity index is 1220. The Kier molecular flexibility index (Phi) is 10.0. The number of pyridine rings is 1. The van der Waals surface area contributed by atoms with E-state index in [-0.39, 0.29) is 11.4 Å². The summed E-state index contributed by atoms with van der Waals surface area (Å²) in [5, 5.41) is 26.3. The number of hydrogen-bond donors (Lipinski definition) is 4. The van der Waals surface area contributed by atoms with Crippen molar-refractivity contribution >= 4 is 23.8 Å². The van der Waals surface area contributed by atoms with Crippen molar-refractivity contribution in [3.8, 4) is 0 Å². The molecule has 0 bridgehead atoms. The molecule has 2 aromatic carbocycles. The molecule has 0 aliphatic heterocycles. The van der Waals surface area contributed by atoms with Crippen LogP contribution in [0.3, 0.4) is 0 Å². The maximum Gasteiger partial charge on any atom is 0.275 e. The van der Waals surface area contributed by atoms with Crippen LogP contribution in [-0.4, -0.2) is 63.4 Å². The Balaban J connectivity index is 1.69. The number of carbonyl (C=O) groups is 2. The quantitative estimate of drug-likeness (QED) is 0.235. The van der Waals surface area contributed by atoms with Gasteiger partial charge in [-0.3, -0.25) is 14.5 Å². The average Bonchev–Trinajstić information content (AvgIpc) is 2.85. The van der Waals surface area contributed by atoms with E-state index in [0.717, 1.165) is 16.7 Å². The molecule has 2 amide bonds. The van der Waals surface area contributed by atoms with Crippen molar-refractivity contribution in [2.24, 2.45) is 5.10 Å². The molecule has 1 heterocycles. The molecule has 0 aliphatic rings. The molecule has 9 nitrogen and oxygen atoms in total. The van der Waals surface area contributed by atoms with Crippen molar-refractivity contribution in [3.63, 3.8) is 0 Å². The molecule has 4 N–H and O–H groups in total. The number of nitrogens with one attached hydrogen (secondary N) is 2. The summed E-state index contributed by atoms with van der Waals surface area (Å²) in [4.78, 5) is 31.8. The number of hydrazone groups is 1. The van der Waals surface area contributed by atoms with Gasteiger partial charge < -0.3 is 15.5 Å². The Morgan fingerprint density at radius 1 is 1.00 bits per heavy atom. The molecule has 0 fully saturated rings. The predicted molar refractivity (Wildman–Crippen MR) is 144 cm³/mol. The van der Waals surface area contributed by atoms with Crippen molar-refractivity contribution in [3.05, 3.63) is 94.7 Å². The molecule has 1 aromatic heterocycles. The highest BCUT2D eigenvalue weighted by Gasteiger charge is 2.17. The van der Waals surface area contributed by atoms with Gasteiger partial charge in [0.25, 0.3) is 11.8 Å². The van der Waals surface area contributed by atoms with Crippen molar-refractivity contribution in [2.45, 2.75) is 39.5 Å². The van der Waals surface area contributed by atoms with Crippen molar-refractivity contribution in [1.82, 2.24) is 15.3 Å². The number of aliphatic hydroxyl groups is 2. The lowest BCUT2D eigenvalue weighted by molar-refractivity contribution is 0.0793. The van der Waals surface area contributed by atoms with Gasteiger partial charge in [0.05, 0.1) is 24.0 Å². The summed E-state index contributed by atoms with van der Waals surface area (Å²) < 4.78 is 0. The second-order valence-corrected chi connectivity index (χ2v) is 9.06. The van der Waals surface area contributed by atoms with E-state index in [1.807, 2.05) is 42.2 Å². The number of amides is 2. The van der Waals surface area contributed by atoms with E-state index in [1.54, 1.807) is 44.2 Å². The highest BCUT2D eigenvalue weighted by atomic mass is 16.3. The lowest BCUT2D eigenvalue weighted by Crippen LogP contribution is -2.35. The number of aliphatic hydroxyl groups excluding tert-OH is 2. The number of anilines is 1. The van der Waals surface area contributed by atoms with E-state index in [1.165, 1.54) is 12.4 Å². The molecule has 194 valence electrons. The van der Waals surface area contributed by atoms with E-state index < -0.39 is 24.0 Å². The molecule has 0 spiro atoms. The molecule has 3 rings (SSSR count). The van der Waals surface area contributed by atoms with Gasteiger partial charge in [-0.05, 0) is 56.2 Å². The number of hydrogen-bond acceptors (Lipinski definition) is 7. The van der Waals surface area contributed by atoms with Crippen LogP contribution >= 0.6 is 0 Å². The molecular formula is C28H33N5O4. The number of aromatic nitrogens is 1. The highest BCUT2D eigenvalue weighted by Crippen LogP contribution is 2.15. The molecule has 37 heavy (non-hydrogen) atoms. The van der Waals surface area contributed by atoms with Crippen LogP contribution in [0.15, 0.2) is 72.0 Å². The van der Waals surface area contributed by atoms with Gasteiger partial charge in [0.1, 0.15) is 5.82 Å². The van der Waals surface area contributed by atoms with Crippen LogP contribution in [0.1, 0.15) is 51.3 Å².